The quantitative estimate of drug-likeness (QED) is 0.789. The van der Waals surface area contributed by atoms with Crippen molar-refractivity contribution in [3.05, 3.63) is 30.1 Å². The number of carbonyl (C=O) groups excluding carboxylic acids is 2. The summed E-state index contributed by atoms with van der Waals surface area (Å²) in [5.41, 5.74) is 0. The Morgan fingerprint density at radius 3 is 2.58 bits per heavy atom. The standard InChI is InChI=1S/C19H26FN3O3/c1-21(2)18(24)12-22-9-14-3-6-16(11-22)23(10-14)19(25)13-26-17-7-4-15(20)5-8-17/h4-5,7-8,14,16H,3,6,9-13H2,1-2H3/t14-,16+/m0/s1. The van der Waals surface area contributed by atoms with Crippen LogP contribution in [0.3, 0.4) is 0 Å². The fraction of sp³-hybridized carbons (Fsp3) is 0.579. The van der Waals surface area contributed by atoms with E-state index in [1.54, 1.807) is 19.0 Å². The lowest BCUT2D eigenvalue weighted by atomic mass is 9.95. The first-order valence-corrected chi connectivity index (χ1v) is 9.02. The lowest BCUT2D eigenvalue weighted by Gasteiger charge is -2.36. The summed E-state index contributed by atoms with van der Waals surface area (Å²) < 4.78 is 18.5. The second-order valence-electron chi connectivity index (χ2n) is 7.37. The first-order chi connectivity index (χ1) is 12.4. The normalized spacial score (nSPS) is 22.8. The number of benzene rings is 1. The molecule has 0 radical (unpaired) electrons. The number of nitrogens with zero attached hydrogens (tertiary/aromatic N) is 3. The highest BCUT2D eigenvalue weighted by Gasteiger charge is 2.37. The zero-order chi connectivity index (χ0) is 18.7. The molecule has 0 aromatic heterocycles. The van der Waals surface area contributed by atoms with Gasteiger partial charge >= 0.3 is 0 Å². The highest BCUT2D eigenvalue weighted by molar-refractivity contribution is 5.79. The van der Waals surface area contributed by atoms with E-state index in [1.807, 2.05) is 4.90 Å². The van der Waals surface area contributed by atoms with Gasteiger partial charge in [-0.05, 0) is 43.0 Å². The fourth-order valence-corrected chi connectivity index (χ4v) is 3.71. The van der Waals surface area contributed by atoms with Crippen molar-refractivity contribution in [1.82, 2.24) is 14.7 Å². The van der Waals surface area contributed by atoms with E-state index in [4.69, 9.17) is 4.74 Å². The van der Waals surface area contributed by atoms with Gasteiger partial charge in [0.15, 0.2) is 6.61 Å². The molecule has 0 N–H and O–H groups in total. The summed E-state index contributed by atoms with van der Waals surface area (Å²) in [6.45, 7) is 2.62. The zero-order valence-corrected chi connectivity index (χ0v) is 15.4. The summed E-state index contributed by atoms with van der Waals surface area (Å²) in [7, 11) is 3.52. The molecule has 1 aromatic carbocycles. The van der Waals surface area contributed by atoms with E-state index in [0.717, 1.165) is 25.9 Å². The fourth-order valence-electron chi connectivity index (χ4n) is 3.71. The Labute approximate surface area is 153 Å². The maximum atomic E-state index is 12.9. The first-order valence-electron chi connectivity index (χ1n) is 9.02. The number of amides is 2. The summed E-state index contributed by atoms with van der Waals surface area (Å²) in [5.74, 6) is 0.575. The smallest absolute Gasteiger partial charge is 0.260 e. The Bertz CT molecular complexity index is 650. The van der Waals surface area contributed by atoms with Gasteiger partial charge < -0.3 is 14.5 Å². The summed E-state index contributed by atoms with van der Waals surface area (Å²) >= 11 is 0. The van der Waals surface area contributed by atoms with Gasteiger partial charge in [-0.1, -0.05) is 0 Å². The largest absolute Gasteiger partial charge is 0.484 e. The van der Waals surface area contributed by atoms with Crippen molar-refractivity contribution in [2.45, 2.75) is 18.9 Å². The van der Waals surface area contributed by atoms with Crippen LogP contribution in [-0.2, 0) is 9.59 Å². The van der Waals surface area contributed by atoms with Gasteiger partial charge in [0.25, 0.3) is 5.91 Å². The molecular formula is C19H26FN3O3. The molecule has 3 fully saturated rings. The number of piperidine rings is 1. The monoisotopic (exact) mass is 363 g/mol. The predicted octanol–water partition coefficient (Wildman–Crippen LogP) is 1.22. The summed E-state index contributed by atoms with van der Waals surface area (Å²) in [6, 6.07) is 5.78. The van der Waals surface area contributed by atoms with Gasteiger partial charge in [0.2, 0.25) is 5.91 Å². The molecule has 142 valence electrons. The van der Waals surface area contributed by atoms with Gasteiger partial charge in [-0.15, -0.1) is 0 Å². The lowest BCUT2D eigenvalue weighted by Crippen LogP contribution is -2.49. The Morgan fingerprint density at radius 2 is 1.88 bits per heavy atom. The third kappa shape index (κ3) is 4.52. The van der Waals surface area contributed by atoms with Crippen LogP contribution < -0.4 is 4.74 Å². The van der Waals surface area contributed by atoms with Gasteiger partial charge in [-0.2, -0.15) is 0 Å². The molecule has 7 heteroatoms. The number of carbonyl (C=O) groups is 2. The highest BCUT2D eigenvalue weighted by Crippen LogP contribution is 2.28. The number of rotatable bonds is 5. The Morgan fingerprint density at radius 1 is 1.15 bits per heavy atom. The van der Waals surface area contributed by atoms with E-state index in [1.165, 1.54) is 24.3 Å². The van der Waals surface area contributed by atoms with Crippen molar-refractivity contribution in [2.75, 3.05) is 46.9 Å². The minimum absolute atomic E-state index is 0.0501. The number of ether oxygens (including phenoxy) is 1. The third-order valence-electron chi connectivity index (χ3n) is 5.14. The molecule has 4 rings (SSSR count). The molecule has 3 aliphatic rings. The van der Waals surface area contributed by atoms with E-state index >= 15 is 0 Å². The predicted molar refractivity (Wildman–Crippen MR) is 95.3 cm³/mol. The minimum Gasteiger partial charge on any atom is -0.484 e. The average Bonchev–Trinajstić information content (AvgIpc) is 2.91. The van der Waals surface area contributed by atoms with Crippen LogP contribution in [0.5, 0.6) is 5.75 Å². The second kappa shape index (κ2) is 8.03. The van der Waals surface area contributed by atoms with Crippen LogP contribution in [0.1, 0.15) is 12.8 Å². The second-order valence-corrected chi connectivity index (χ2v) is 7.37. The van der Waals surface area contributed by atoms with Gasteiger partial charge in [0.1, 0.15) is 11.6 Å². The lowest BCUT2D eigenvalue weighted by molar-refractivity contribution is -0.137. The molecule has 3 aliphatic heterocycles. The van der Waals surface area contributed by atoms with Crippen molar-refractivity contribution >= 4 is 11.8 Å². The molecule has 3 heterocycles. The van der Waals surface area contributed by atoms with Crippen LogP contribution >= 0.6 is 0 Å². The Kier molecular flexibility index (Phi) is 5.76. The van der Waals surface area contributed by atoms with Crippen LogP contribution in [0.15, 0.2) is 24.3 Å². The van der Waals surface area contributed by atoms with E-state index in [9.17, 15) is 14.0 Å². The SMILES string of the molecule is CN(C)C(=O)CN1C[C@@H]2CC[C@H](C1)N(C(=O)COc1ccc(F)cc1)C2. The van der Waals surface area contributed by atoms with Gasteiger partial charge in [-0.25, -0.2) is 4.39 Å². The Hall–Kier alpha value is -2.15. The van der Waals surface area contributed by atoms with E-state index in [0.29, 0.717) is 24.8 Å². The molecule has 0 unspecified atom stereocenters. The first kappa shape index (κ1) is 18.6. The van der Waals surface area contributed by atoms with Crippen LogP contribution in [0.25, 0.3) is 0 Å². The Balaban J connectivity index is 1.57. The molecule has 0 spiro atoms. The zero-order valence-electron chi connectivity index (χ0n) is 15.4. The average molecular weight is 363 g/mol. The molecule has 6 nitrogen and oxygen atoms in total. The molecule has 2 bridgehead atoms. The van der Waals surface area contributed by atoms with Crippen LogP contribution in [-0.4, -0.2) is 79.4 Å². The van der Waals surface area contributed by atoms with Crippen molar-refractivity contribution in [3.8, 4) is 5.75 Å². The summed E-state index contributed by atoms with van der Waals surface area (Å²) in [6.07, 6.45) is 2.04. The number of likely N-dealkylation sites (N-methyl/N-ethyl adjacent to an activating group) is 1. The maximum absolute atomic E-state index is 12.9. The molecule has 0 aliphatic carbocycles. The van der Waals surface area contributed by atoms with Crippen LogP contribution in [0, 0.1) is 11.7 Å². The van der Waals surface area contributed by atoms with Crippen molar-refractivity contribution in [3.63, 3.8) is 0 Å². The van der Waals surface area contributed by atoms with Crippen molar-refractivity contribution in [1.29, 1.82) is 0 Å². The number of halogens is 1. The number of hydrogen-bond acceptors (Lipinski definition) is 4. The highest BCUT2D eigenvalue weighted by atomic mass is 19.1. The van der Waals surface area contributed by atoms with Gasteiger partial charge in [-0.3, -0.25) is 14.5 Å². The number of hydrogen-bond donors (Lipinski definition) is 0. The van der Waals surface area contributed by atoms with E-state index in [-0.39, 0.29) is 30.3 Å². The van der Waals surface area contributed by atoms with Gasteiger partial charge in [0, 0.05) is 39.8 Å². The number of fused-ring (bicyclic) bond motifs is 4. The summed E-state index contributed by atoms with van der Waals surface area (Å²) in [4.78, 5) is 30.3. The molecule has 26 heavy (non-hydrogen) atoms. The van der Waals surface area contributed by atoms with Crippen LogP contribution in [0.4, 0.5) is 4.39 Å². The molecule has 3 saturated heterocycles. The van der Waals surface area contributed by atoms with Crippen molar-refractivity contribution < 1.29 is 18.7 Å². The summed E-state index contributed by atoms with van der Waals surface area (Å²) in [5, 5.41) is 0. The molecule has 1 aromatic rings. The molecule has 2 atom stereocenters. The van der Waals surface area contributed by atoms with E-state index in [2.05, 4.69) is 4.90 Å². The maximum Gasteiger partial charge on any atom is 0.260 e. The molecular weight excluding hydrogens is 337 g/mol. The van der Waals surface area contributed by atoms with Gasteiger partial charge in [0.05, 0.1) is 6.54 Å². The molecule has 0 saturated carbocycles. The van der Waals surface area contributed by atoms with Crippen LogP contribution in [0.2, 0.25) is 0 Å². The minimum atomic E-state index is -0.333. The molecule has 2 amide bonds. The third-order valence-corrected chi connectivity index (χ3v) is 5.14. The van der Waals surface area contributed by atoms with E-state index < -0.39 is 0 Å². The topological polar surface area (TPSA) is 53.1 Å². The van der Waals surface area contributed by atoms with Crippen molar-refractivity contribution in [2.24, 2.45) is 5.92 Å².